The molecule has 136 valence electrons. The molecule has 2 rings (SSSR count). The third-order valence-corrected chi connectivity index (χ3v) is 4.58. The maximum absolute atomic E-state index is 12.9. The monoisotopic (exact) mass is 347 g/mol. The van der Waals surface area contributed by atoms with E-state index in [4.69, 9.17) is 0 Å². The Kier molecular flexibility index (Phi) is 5.66. The topological polar surface area (TPSA) is 98.7 Å². The van der Waals surface area contributed by atoms with E-state index in [1.54, 1.807) is 31.2 Å². The van der Waals surface area contributed by atoms with Gasteiger partial charge in [-0.3, -0.25) is 9.69 Å². The summed E-state index contributed by atoms with van der Waals surface area (Å²) in [6, 6.07) is 4.70. The fourth-order valence-electron chi connectivity index (χ4n) is 2.99. The van der Waals surface area contributed by atoms with Gasteiger partial charge in [0.25, 0.3) is 0 Å². The lowest BCUT2D eigenvalue weighted by molar-refractivity contribution is -0.140. The van der Waals surface area contributed by atoms with Gasteiger partial charge in [-0.2, -0.15) is 0 Å². The minimum Gasteiger partial charge on any atom is -0.480 e. The van der Waals surface area contributed by atoms with Crippen LogP contribution in [0.15, 0.2) is 24.3 Å². The van der Waals surface area contributed by atoms with Gasteiger partial charge >= 0.3 is 12.0 Å². The van der Waals surface area contributed by atoms with E-state index in [9.17, 15) is 19.5 Å². The van der Waals surface area contributed by atoms with Crippen LogP contribution in [0.3, 0.4) is 0 Å². The second-order valence-electron chi connectivity index (χ2n) is 6.72. The van der Waals surface area contributed by atoms with E-state index in [0.29, 0.717) is 17.8 Å². The maximum Gasteiger partial charge on any atom is 0.326 e. The summed E-state index contributed by atoms with van der Waals surface area (Å²) in [4.78, 5) is 38.3. The Balaban J connectivity index is 2.40. The molecule has 3 atom stereocenters. The lowest BCUT2D eigenvalue weighted by Crippen LogP contribution is -2.59. The van der Waals surface area contributed by atoms with E-state index in [-0.39, 0.29) is 17.7 Å². The SMILES string of the molecule is CCC(C)C(NC(=O)N1c2ccccc2NC(=O)C1C(C)C)C(=O)O. The van der Waals surface area contributed by atoms with Crippen molar-refractivity contribution in [3.05, 3.63) is 24.3 Å². The molecule has 1 aromatic rings. The maximum atomic E-state index is 12.9. The van der Waals surface area contributed by atoms with Crippen molar-refractivity contribution >= 4 is 29.3 Å². The van der Waals surface area contributed by atoms with Crippen molar-refractivity contribution in [2.45, 2.75) is 46.2 Å². The second-order valence-corrected chi connectivity index (χ2v) is 6.72. The largest absolute Gasteiger partial charge is 0.480 e. The molecule has 1 aliphatic rings. The van der Waals surface area contributed by atoms with Crippen LogP contribution in [-0.4, -0.2) is 35.1 Å². The number of benzene rings is 1. The number of fused-ring (bicyclic) bond motifs is 1. The molecule has 0 aromatic heterocycles. The molecular weight excluding hydrogens is 322 g/mol. The summed E-state index contributed by atoms with van der Waals surface area (Å²) < 4.78 is 0. The molecule has 7 nitrogen and oxygen atoms in total. The summed E-state index contributed by atoms with van der Waals surface area (Å²) in [6.07, 6.45) is 0.613. The summed E-state index contributed by atoms with van der Waals surface area (Å²) in [5.74, 6) is -1.73. The van der Waals surface area contributed by atoms with Gasteiger partial charge in [0.15, 0.2) is 0 Å². The Labute approximate surface area is 147 Å². The number of urea groups is 1. The number of nitrogens with one attached hydrogen (secondary N) is 2. The van der Waals surface area contributed by atoms with E-state index in [0.717, 1.165) is 0 Å². The average Bonchev–Trinajstić information content (AvgIpc) is 2.56. The van der Waals surface area contributed by atoms with Gasteiger partial charge in [0, 0.05) is 0 Å². The summed E-state index contributed by atoms with van der Waals surface area (Å²) >= 11 is 0. The van der Waals surface area contributed by atoms with Crippen LogP contribution in [-0.2, 0) is 9.59 Å². The molecule has 3 unspecified atom stereocenters. The Morgan fingerprint density at radius 3 is 2.48 bits per heavy atom. The Morgan fingerprint density at radius 2 is 1.92 bits per heavy atom. The van der Waals surface area contributed by atoms with E-state index in [1.165, 1.54) is 4.90 Å². The highest BCUT2D eigenvalue weighted by molar-refractivity contribution is 6.12. The van der Waals surface area contributed by atoms with Gasteiger partial charge in [0.05, 0.1) is 11.4 Å². The lowest BCUT2D eigenvalue weighted by atomic mass is 9.97. The molecule has 3 amide bonds. The van der Waals surface area contributed by atoms with Crippen LogP contribution in [0.1, 0.15) is 34.1 Å². The van der Waals surface area contributed by atoms with Gasteiger partial charge in [-0.05, 0) is 24.0 Å². The molecule has 0 saturated carbocycles. The first-order chi connectivity index (χ1) is 11.8. The number of carbonyl (C=O) groups is 3. The Hall–Kier alpha value is -2.57. The third-order valence-electron chi connectivity index (χ3n) is 4.58. The molecule has 3 N–H and O–H groups in total. The van der Waals surface area contributed by atoms with Crippen LogP contribution in [0.5, 0.6) is 0 Å². The molecule has 0 bridgehead atoms. The molecule has 0 saturated heterocycles. The summed E-state index contributed by atoms with van der Waals surface area (Å²) in [7, 11) is 0. The highest BCUT2D eigenvalue weighted by Gasteiger charge is 2.40. The number of carboxylic acid groups (broad SMARTS) is 1. The van der Waals surface area contributed by atoms with Gasteiger partial charge in [-0.25, -0.2) is 9.59 Å². The molecule has 0 spiro atoms. The van der Waals surface area contributed by atoms with Crippen LogP contribution < -0.4 is 15.5 Å². The minimum absolute atomic E-state index is 0.133. The number of hydrogen-bond donors (Lipinski definition) is 3. The second kappa shape index (κ2) is 7.55. The van der Waals surface area contributed by atoms with E-state index in [2.05, 4.69) is 10.6 Å². The van der Waals surface area contributed by atoms with Crippen LogP contribution >= 0.6 is 0 Å². The first-order valence-electron chi connectivity index (χ1n) is 8.50. The lowest BCUT2D eigenvalue weighted by Gasteiger charge is -2.39. The third kappa shape index (κ3) is 3.75. The van der Waals surface area contributed by atoms with Gasteiger partial charge in [0.1, 0.15) is 12.1 Å². The molecule has 1 heterocycles. The first kappa shape index (κ1) is 18.8. The zero-order chi connectivity index (χ0) is 18.7. The summed E-state index contributed by atoms with van der Waals surface area (Å²) in [6.45, 7) is 7.34. The molecule has 1 aliphatic heterocycles. The predicted octanol–water partition coefficient (Wildman–Crippen LogP) is 2.68. The van der Waals surface area contributed by atoms with E-state index >= 15 is 0 Å². The van der Waals surface area contributed by atoms with Gasteiger partial charge in [-0.1, -0.05) is 46.2 Å². The zero-order valence-electron chi connectivity index (χ0n) is 14.9. The van der Waals surface area contributed by atoms with Crippen molar-refractivity contribution in [1.82, 2.24) is 5.32 Å². The molecule has 1 aromatic carbocycles. The van der Waals surface area contributed by atoms with E-state index in [1.807, 2.05) is 20.8 Å². The number of carboxylic acids is 1. The number of hydrogen-bond acceptors (Lipinski definition) is 3. The minimum atomic E-state index is -1.08. The standard InChI is InChI=1S/C18H25N3O4/c1-5-11(4)14(17(23)24)20-18(25)21-13-9-7-6-8-12(13)19-16(22)15(21)10(2)3/h6-11,14-15H,5H2,1-4H3,(H,19,22)(H,20,25)(H,23,24). The zero-order valence-corrected chi connectivity index (χ0v) is 14.9. The Morgan fingerprint density at radius 1 is 1.28 bits per heavy atom. The number of rotatable bonds is 5. The first-order valence-corrected chi connectivity index (χ1v) is 8.50. The van der Waals surface area contributed by atoms with Crippen molar-refractivity contribution in [2.75, 3.05) is 10.2 Å². The molecule has 0 fully saturated rings. The van der Waals surface area contributed by atoms with Crippen LogP contribution in [0.25, 0.3) is 0 Å². The fraction of sp³-hybridized carbons (Fsp3) is 0.500. The van der Waals surface area contributed by atoms with Crippen LogP contribution in [0, 0.1) is 11.8 Å². The van der Waals surface area contributed by atoms with Gasteiger partial charge in [-0.15, -0.1) is 0 Å². The quantitative estimate of drug-likeness (QED) is 0.762. The highest BCUT2D eigenvalue weighted by atomic mass is 16.4. The fourth-order valence-corrected chi connectivity index (χ4v) is 2.99. The number of para-hydroxylation sites is 2. The molecule has 7 heteroatoms. The number of carbonyl (C=O) groups excluding carboxylic acids is 2. The summed E-state index contributed by atoms with van der Waals surface area (Å²) in [5, 5.41) is 14.8. The van der Waals surface area contributed by atoms with Crippen molar-refractivity contribution < 1.29 is 19.5 Å². The Bertz CT molecular complexity index is 674. The molecular formula is C18H25N3O4. The van der Waals surface area contributed by atoms with Crippen molar-refractivity contribution in [3.63, 3.8) is 0 Å². The van der Waals surface area contributed by atoms with Crippen LogP contribution in [0.4, 0.5) is 16.2 Å². The van der Waals surface area contributed by atoms with Crippen molar-refractivity contribution in [2.24, 2.45) is 11.8 Å². The predicted molar refractivity (Wildman–Crippen MR) is 95.6 cm³/mol. The normalized spacial score (nSPS) is 19.0. The van der Waals surface area contributed by atoms with Crippen molar-refractivity contribution in [1.29, 1.82) is 0 Å². The van der Waals surface area contributed by atoms with Crippen molar-refractivity contribution in [3.8, 4) is 0 Å². The number of nitrogens with zero attached hydrogens (tertiary/aromatic N) is 1. The highest BCUT2D eigenvalue weighted by Crippen LogP contribution is 2.34. The van der Waals surface area contributed by atoms with Crippen LogP contribution in [0.2, 0.25) is 0 Å². The number of aliphatic carboxylic acids is 1. The average molecular weight is 347 g/mol. The number of amides is 3. The van der Waals surface area contributed by atoms with Gasteiger partial charge < -0.3 is 15.7 Å². The smallest absolute Gasteiger partial charge is 0.326 e. The summed E-state index contributed by atoms with van der Waals surface area (Å²) in [5.41, 5.74) is 1.10. The molecule has 25 heavy (non-hydrogen) atoms. The molecule has 0 aliphatic carbocycles. The number of anilines is 2. The van der Waals surface area contributed by atoms with E-state index < -0.39 is 24.1 Å². The molecule has 0 radical (unpaired) electrons. The van der Waals surface area contributed by atoms with Gasteiger partial charge in [0.2, 0.25) is 5.91 Å².